The molecule has 2 saturated carbocycles. The van der Waals surface area contributed by atoms with Crippen LogP contribution in [0.2, 0.25) is 0 Å². The van der Waals surface area contributed by atoms with Crippen LogP contribution in [-0.2, 0) is 16.0 Å². The van der Waals surface area contributed by atoms with E-state index >= 15 is 0 Å². The molecular formula is C28H38FNO2. The molecule has 3 rings (SSSR count). The Bertz CT molecular complexity index is 779. The molecule has 0 spiro atoms. The molecule has 4 heteroatoms. The maximum absolute atomic E-state index is 13.1. The number of hydrogen-bond acceptors (Lipinski definition) is 3. The molecule has 0 unspecified atom stereocenters. The van der Waals surface area contributed by atoms with Gasteiger partial charge in [0.25, 0.3) is 0 Å². The van der Waals surface area contributed by atoms with Gasteiger partial charge in [-0.3, -0.25) is 4.79 Å². The highest BCUT2D eigenvalue weighted by atomic mass is 19.1. The maximum Gasteiger partial charge on any atom is 0.309 e. The molecule has 1 aromatic rings. The van der Waals surface area contributed by atoms with Gasteiger partial charge in [0.15, 0.2) is 5.83 Å². The van der Waals surface area contributed by atoms with Crippen molar-refractivity contribution in [3.8, 4) is 6.07 Å². The minimum absolute atomic E-state index is 0.0118. The third-order valence-corrected chi connectivity index (χ3v) is 7.32. The fourth-order valence-electron chi connectivity index (χ4n) is 5.25. The van der Waals surface area contributed by atoms with Gasteiger partial charge in [-0.2, -0.15) is 9.65 Å². The van der Waals surface area contributed by atoms with Crippen LogP contribution >= 0.6 is 0 Å². The zero-order valence-electron chi connectivity index (χ0n) is 19.5. The Labute approximate surface area is 193 Å². The van der Waals surface area contributed by atoms with Crippen LogP contribution in [0.25, 0.3) is 0 Å². The second-order valence-electron chi connectivity index (χ2n) is 9.70. The molecule has 2 aliphatic carbocycles. The summed E-state index contributed by atoms with van der Waals surface area (Å²) in [5, 5.41) is 8.57. The molecule has 0 atom stereocenters. The number of benzene rings is 1. The fraction of sp³-hybridized carbons (Fsp3) is 0.643. The monoisotopic (exact) mass is 439 g/mol. The third kappa shape index (κ3) is 7.47. The summed E-state index contributed by atoms with van der Waals surface area (Å²) in [6.45, 7) is 2.24. The molecule has 0 heterocycles. The molecule has 0 amide bonds. The first-order chi connectivity index (χ1) is 15.6. The Morgan fingerprint density at radius 3 is 2.34 bits per heavy atom. The first-order valence-electron chi connectivity index (χ1n) is 12.7. The summed E-state index contributed by atoms with van der Waals surface area (Å²) in [4.78, 5) is 12.7. The van der Waals surface area contributed by atoms with Gasteiger partial charge < -0.3 is 4.74 Å². The summed E-state index contributed by atoms with van der Waals surface area (Å²) in [5.74, 6) is -0.108. The summed E-state index contributed by atoms with van der Waals surface area (Å²) >= 11 is 0. The number of rotatable bonds is 9. The Kier molecular flexibility index (Phi) is 9.78. The number of nitrogens with zero attached hydrogens (tertiary/aromatic N) is 1. The van der Waals surface area contributed by atoms with Gasteiger partial charge in [-0.25, -0.2) is 0 Å². The van der Waals surface area contributed by atoms with Gasteiger partial charge in [0, 0.05) is 0 Å². The molecule has 1 aromatic carbocycles. The van der Waals surface area contributed by atoms with Crippen molar-refractivity contribution in [3.05, 3.63) is 47.3 Å². The summed E-state index contributed by atoms with van der Waals surface area (Å²) in [6.07, 6.45) is 14.7. The van der Waals surface area contributed by atoms with Crippen LogP contribution in [0.15, 0.2) is 36.2 Å². The summed E-state index contributed by atoms with van der Waals surface area (Å²) in [6, 6.07) is 10.7. The van der Waals surface area contributed by atoms with Gasteiger partial charge in [-0.15, -0.1) is 0 Å². The number of halogens is 1. The minimum Gasteiger partial charge on any atom is -0.462 e. The number of carbonyl (C=O) groups excluding carboxylic acids is 1. The van der Waals surface area contributed by atoms with Crippen molar-refractivity contribution in [2.75, 3.05) is 0 Å². The van der Waals surface area contributed by atoms with Crippen LogP contribution in [-0.4, -0.2) is 12.1 Å². The van der Waals surface area contributed by atoms with Crippen molar-refractivity contribution >= 4 is 5.97 Å². The zero-order chi connectivity index (χ0) is 22.8. The van der Waals surface area contributed by atoms with Crippen LogP contribution in [0.5, 0.6) is 0 Å². The number of ether oxygens (including phenoxy) is 1. The zero-order valence-corrected chi connectivity index (χ0v) is 19.5. The molecule has 174 valence electrons. The van der Waals surface area contributed by atoms with E-state index in [9.17, 15) is 9.18 Å². The van der Waals surface area contributed by atoms with Crippen LogP contribution in [0.4, 0.5) is 4.39 Å². The molecule has 0 bridgehead atoms. The SMILES string of the molecule is CCCCCCc1ccc([C@H]2CC[C@H](C(=O)O[C@H]3CC[C@H](C=C(F)C#N)CC3)CC2)cc1. The third-order valence-electron chi connectivity index (χ3n) is 7.32. The number of aryl methyl sites for hydroxylation is 1. The molecule has 0 aromatic heterocycles. The average molecular weight is 440 g/mol. The molecule has 0 saturated heterocycles. The van der Waals surface area contributed by atoms with Gasteiger partial charge in [0.05, 0.1) is 5.92 Å². The quantitative estimate of drug-likeness (QED) is 0.226. The van der Waals surface area contributed by atoms with E-state index in [-0.39, 0.29) is 23.9 Å². The largest absolute Gasteiger partial charge is 0.462 e. The second kappa shape index (κ2) is 12.8. The van der Waals surface area contributed by atoms with Gasteiger partial charge in [-0.05, 0) is 93.2 Å². The maximum atomic E-state index is 13.1. The van der Waals surface area contributed by atoms with Crippen molar-refractivity contribution in [2.24, 2.45) is 11.8 Å². The number of nitriles is 1. The lowest BCUT2D eigenvalue weighted by Crippen LogP contribution is -2.29. The number of unbranched alkanes of at least 4 members (excludes halogenated alkanes) is 3. The Morgan fingerprint density at radius 1 is 1.03 bits per heavy atom. The lowest BCUT2D eigenvalue weighted by atomic mass is 9.78. The van der Waals surface area contributed by atoms with Crippen LogP contribution in [0.1, 0.15) is 101 Å². The Hall–Kier alpha value is -2.15. The van der Waals surface area contributed by atoms with Gasteiger partial charge in [0.2, 0.25) is 0 Å². The molecule has 0 N–H and O–H groups in total. The number of carbonyl (C=O) groups is 1. The molecular weight excluding hydrogens is 401 g/mol. The number of hydrogen-bond donors (Lipinski definition) is 0. The van der Waals surface area contributed by atoms with Crippen molar-refractivity contribution in [1.82, 2.24) is 0 Å². The highest BCUT2D eigenvalue weighted by Gasteiger charge is 2.31. The topological polar surface area (TPSA) is 50.1 Å². The number of esters is 1. The summed E-state index contributed by atoms with van der Waals surface area (Å²) in [7, 11) is 0. The predicted octanol–water partition coefficient (Wildman–Crippen LogP) is 7.56. The highest BCUT2D eigenvalue weighted by Crippen LogP contribution is 2.37. The van der Waals surface area contributed by atoms with Crippen LogP contribution < -0.4 is 0 Å². The number of allylic oxidation sites excluding steroid dienone is 2. The molecule has 2 fully saturated rings. The van der Waals surface area contributed by atoms with Gasteiger partial charge >= 0.3 is 5.97 Å². The Morgan fingerprint density at radius 2 is 1.72 bits per heavy atom. The minimum atomic E-state index is -0.705. The molecule has 3 nitrogen and oxygen atoms in total. The van der Waals surface area contributed by atoms with Crippen molar-refractivity contribution in [2.45, 2.75) is 102 Å². The Balaban J connectivity index is 1.38. The van der Waals surface area contributed by atoms with Crippen LogP contribution in [0.3, 0.4) is 0 Å². The lowest BCUT2D eigenvalue weighted by molar-refractivity contribution is -0.157. The van der Waals surface area contributed by atoms with Gasteiger partial charge in [-0.1, -0.05) is 50.5 Å². The van der Waals surface area contributed by atoms with Crippen molar-refractivity contribution in [1.29, 1.82) is 5.26 Å². The standard InChI is InChI=1S/C28H38FNO2/c1-2-3-4-5-6-21-7-11-23(12-8-21)24-13-15-25(16-14-24)28(31)32-27-17-9-22(10-18-27)19-26(29)20-30/h7-8,11-12,19,22,24-25,27H,2-6,9-10,13-18H2,1H3/t22-,24-,25-,27-. The van der Waals surface area contributed by atoms with E-state index in [4.69, 9.17) is 10.00 Å². The van der Waals surface area contributed by atoms with E-state index in [1.54, 1.807) is 0 Å². The van der Waals surface area contributed by atoms with E-state index < -0.39 is 5.83 Å². The van der Waals surface area contributed by atoms with Gasteiger partial charge in [0.1, 0.15) is 12.2 Å². The summed E-state index contributed by atoms with van der Waals surface area (Å²) < 4.78 is 18.9. The molecule has 2 aliphatic rings. The fourth-order valence-corrected chi connectivity index (χ4v) is 5.25. The average Bonchev–Trinajstić information content (AvgIpc) is 2.83. The van der Waals surface area contributed by atoms with E-state index in [0.717, 1.165) is 51.4 Å². The van der Waals surface area contributed by atoms with E-state index in [0.29, 0.717) is 5.92 Å². The first kappa shape index (κ1) is 24.5. The molecule has 0 aliphatic heterocycles. The van der Waals surface area contributed by atoms with Crippen molar-refractivity contribution < 1.29 is 13.9 Å². The predicted molar refractivity (Wildman–Crippen MR) is 126 cm³/mol. The van der Waals surface area contributed by atoms with E-state index in [1.165, 1.54) is 55.4 Å². The van der Waals surface area contributed by atoms with E-state index in [1.807, 2.05) is 0 Å². The molecule has 32 heavy (non-hydrogen) atoms. The highest BCUT2D eigenvalue weighted by molar-refractivity contribution is 5.72. The van der Waals surface area contributed by atoms with E-state index in [2.05, 4.69) is 31.2 Å². The summed E-state index contributed by atoms with van der Waals surface area (Å²) in [5.41, 5.74) is 2.84. The van der Waals surface area contributed by atoms with Crippen molar-refractivity contribution in [3.63, 3.8) is 0 Å². The molecule has 0 radical (unpaired) electrons. The van der Waals surface area contributed by atoms with Crippen LogP contribution in [0, 0.1) is 23.2 Å². The normalized spacial score (nSPS) is 26.3. The first-order valence-corrected chi connectivity index (χ1v) is 12.7. The lowest BCUT2D eigenvalue weighted by Gasteiger charge is -2.31. The second-order valence-corrected chi connectivity index (χ2v) is 9.70. The smallest absolute Gasteiger partial charge is 0.309 e.